The van der Waals surface area contributed by atoms with Crippen LogP contribution in [0.1, 0.15) is 110 Å². The largest absolute Gasteiger partial charge is 0.481 e. The van der Waals surface area contributed by atoms with Crippen molar-refractivity contribution < 1.29 is 78.0 Å². The molecule has 1 aliphatic rings. The summed E-state index contributed by atoms with van der Waals surface area (Å²) in [4.78, 5) is 170. The number of carboxylic acid groups (broad SMARTS) is 3. The van der Waals surface area contributed by atoms with Crippen LogP contribution in [0.15, 0.2) is 73.2 Å². The maximum atomic E-state index is 15.0. The first kappa shape index (κ1) is 70.7. The number of nitrogens with one attached hydrogen (secondary N) is 9. The number of nitrogens with zero attached hydrogens (tertiary/aromatic N) is 2. The van der Waals surface area contributed by atoms with Crippen molar-refractivity contribution in [3.63, 3.8) is 0 Å². The lowest BCUT2D eigenvalue weighted by molar-refractivity contribution is -0.144. The summed E-state index contributed by atoms with van der Waals surface area (Å²) in [5.41, 5.74) is 7.59. The van der Waals surface area contributed by atoms with Crippen LogP contribution in [-0.2, 0) is 76.8 Å². The van der Waals surface area contributed by atoms with Crippen molar-refractivity contribution >= 4 is 71.1 Å². The number of amides is 9. The molecule has 9 amide bonds. The van der Waals surface area contributed by atoms with Crippen LogP contribution in [0.3, 0.4) is 0 Å². The molecule has 0 bridgehead atoms. The standard InChI is InChI=1S/C59H84N12O16/c1-8-32(5)46(60)54(81)69-48(33(6)9-2)56(83)68-47(31(3)4)55(82)70-49(34(7)72)57(84)66-40(27-37-29-61-30-62-37)51(78)67-42(26-36-19-14-11-15-20-36)58(85)71-24-16-21-43(71)53(80)65-39(25-35-17-12-10-13-18-35)50(77)64-41(28-45(75)76)52(79)63-38(59(86)87)22-23-44(73)74/h10-15,17-20,29-34,38-43,46-49,72H,8-9,16,21-28,60H2,1-7H3,(H,61,62)(H,63,79)(H,64,77)(H,65,80)(H,66,84)(H,67,78)(H,68,83)(H,69,81)(H,70,82)(H,73,74)(H,75,76)(H,86,87)/t32-,33-,34+,38-,39-,40-,41-,42-,43-,46-,47-,48-,49-/m0/s1. The quantitative estimate of drug-likeness (QED) is 0.0342. The summed E-state index contributed by atoms with van der Waals surface area (Å²) in [6.45, 7) is 11.7. The summed E-state index contributed by atoms with van der Waals surface area (Å²) in [5, 5.41) is 59.8. The summed E-state index contributed by atoms with van der Waals surface area (Å²) in [7, 11) is 0. The maximum Gasteiger partial charge on any atom is 0.326 e. The van der Waals surface area contributed by atoms with Gasteiger partial charge < -0.3 is 78.6 Å². The fraction of sp³-hybridized carbons (Fsp3) is 0.542. The number of rotatable bonds is 35. The first-order valence-electron chi connectivity index (χ1n) is 29.0. The van der Waals surface area contributed by atoms with Crippen molar-refractivity contribution in [1.82, 2.24) is 57.4 Å². The van der Waals surface area contributed by atoms with E-state index in [0.29, 0.717) is 29.7 Å². The summed E-state index contributed by atoms with van der Waals surface area (Å²) < 4.78 is 0. The Morgan fingerprint density at radius 1 is 0.586 bits per heavy atom. The lowest BCUT2D eigenvalue weighted by atomic mass is 9.94. The van der Waals surface area contributed by atoms with E-state index in [1.807, 2.05) is 13.8 Å². The molecule has 87 heavy (non-hydrogen) atoms. The molecular formula is C59H84N12O16. The van der Waals surface area contributed by atoms with Gasteiger partial charge in [-0.2, -0.15) is 0 Å². The molecule has 0 spiro atoms. The summed E-state index contributed by atoms with van der Waals surface area (Å²) in [5.74, 6) is -13.7. The molecule has 15 N–H and O–H groups in total. The number of imidazole rings is 1. The lowest BCUT2D eigenvalue weighted by Crippen LogP contribution is -2.63. The smallest absolute Gasteiger partial charge is 0.326 e. The van der Waals surface area contributed by atoms with Crippen molar-refractivity contribution in [2.24, 2.45) is 23.5 Å². The van der Waals surface area contributed by atoms with Crippen molar-refractivity contribution in [3.8, 4) is 0 Å². The number of aliphatic hydroxyl groups is 1. The van der Waals surface area contributed by atoms with E-state index < -0.39 is 169 Å². The number of carbonyl (C=O) groups excluding carboxylic acids is 9. The number of aliphatic hydroxyl groups excluding tert-OH is 1. The van der Waals surface area contributed by atoms with Crippen LogP contribution < -0.4 is 48.3 Å². The molecule has 1 aliphatic heterocycles. The Hall–Kier alpha value is -8.79. The molecule has 0 unspecified atom stereocenters. The van der Waals surface area contributed by atoms with E-state index in [-0.39, 0.29) is 44.6 Å². The van der Waals surface area contributed by atoms with Crippen LogP contribution in [0, 0.1) is 17.8 Å². The SMILES string of the molecule is CC[C@H](C)[C@H](N)C(=O)N[C@H](C(=O)N[C@H](C(=O)N[C@H](C(=O)N[C@@H](Cc1cnc[nH]1)C(=O)N[C@@H](Cc1ccccc1)C(=O)N1CCC[C@H]1C(=O)N[C@@H](Cc1ccccc1)C(=O)N[C@@H](CC(=O)O)C(=O)N[C@@H](CCC(=O)O)C(=O)O)[C@@H](C)O)C(C)C)[C@@H](C)CC. The van der Waals surface area contributed by atoms with E-state index in [1.165, 1.54) is 24.3 Å². The van der Waals surface area contributed by atoms with Gasteiger partial charge in [0.25, 0.3) is 0 Å². The Balaban J connectivity index is 1.62. The molecular weight excluding hydrogens is 1130 g/mol. The molecule has 28 heteroatoms. The fourth-order valence-electron chi connectivity index (χ4n) is 9.58. The number of carbonyl (C=O) groups is 12. The van der Waals surface area contributed by atoms with Crippen molar-refractivity contribution in [3.05, 3.63) is 90.0 Å². The predicted molar refractivity (Wildman–Crippen MR) is 313 cm³/mol. The zero-order chi connectivity index (χ0) is 64.7. The van der Waals surface area contributed by atoms with Crippen LogP contribution >= 0.6 is 0 Å². The van der Waals surface area contributed by atoms with Gasteiger partial charge in [0.05, 0.1) is 24.9 Å². The van der Waals surface area contributed by atoms with Gasteiger partial charge in [0.2, 0.25) is 53.2 Å². The van der Waals surface area contributed by atoms with Gasteiger partial charge in [0.15, 0.2) is 0 Å². The first-order chi connectivity index (χ1) is 41.1. The van der Waals surface area contributed by atoms with E-state index in [9.17, 15) is 72.9 Å². The van der Waals surface area contributed by atoms with Gasteiger partial charge in [0, 0.05) is 44.1 Å². The third-order valence-electron chi connectivity index (χ3n) is 15.2. The van der Waals surface area contributed by atoms with Crippen LogP contribution in [0.4, 0.5) is 0 Å². The summed E-state index contributed by atoms with van der Waals surface area (Å²) in [6.07, 6.45) is -0.385. The fourth-order valence-corrected chi connectivity index (χ4v) is 9.58. The van der Waals surface area contributed by atoms with E-state index in [1.54, 1.807) is 88.4 Å². The van der Waals surface area contributed by atoms with Gasteiger partial charge in [-0.15, -0.1) is 0 Å². The third kappa shape index (κ3) is 21.9. The number of hydrogen-bond acceptors (Lipinski definition) is 15. The number of H-pyrrole nitrogens is 1. The van der Waals surface area contributed by atoms with Gasteiger partial charge in [-0.3, -0.25) is 52.7 Å². The summed E-state index contributed by atoms with van der Waals surface area (Å²) in [6, 6.07) is 2.27. The second-order valence-electron chi connectivity index (χ2n) is 22.3. The Morgan fingerprint density at radius 3 is 1.60 bits per heavy atom. The second-order valence-corrected chi connectivity index (χ2v) is 22.3. The highest BCUT2D eigenvalue weighted by Gasteiger charge is 2.42. The Labute approximate surface area is 504 Å². The van der Waals surface area contributed by atoms with E-state index in [2.05, 4.69) is 52.5 Å². The number of hydrogen-bond donors (Lipinski definition) is 14. The Kier molecular flexibility index (Phi) is 27.9. The molecule has 2 aromatic carbocycles. The van der Waals surface area contributed by atoms with Crippen LogP contribution in [0.2, 0.25) is 0 Å². The van der Waals surface area contributed by atoms with Crippen molar-refractivity contribution in [2.75, 3.05) is 6.54 Å². The minimum absolute atomic E-state index is 0.0116. The summed E-state index contributed by atoms with van der Waals surface area (Å²) >= 11 is 0. The highest BCUT2D eigenvalue weighted by Crippen LogP contribution is 2.22. The zero-order valence-corrected chi connectivity index (χ0v) is 49.9. The molecule has 0 radical (unpaired) electrons. The van der Waals surface area contributed by atoms with Crippen molar-refractivity contribution in [2.45, 2.75) is 179 Å². The van der Waals surface area contributed by atoms with Gasteiger partial charge in [-0.1, -0.05) is 115 Å². The van der Waals surface area contributed by atoms with Gasteiger partial charge in [-0.05, 0) is 55.1 Å². The number of aliphatic carboxylic acids is 3. The lowest BCUT2D eigenvalue weighted by Gasteiger charge is -2.32. The molecule has 476 valence electrons. The normalized spacial score (nSPS) is 17.1. The topological polar surface area (TPSA) is 440 Å². The Bertz CT molecular complexity index is 2840. The van der Waals surface area contributed by atoms with Crippen molar-refractivity contribution in [1.29, 1.82) is 0 Å². The molecule has 28 nitrogen and oxygen atoms in total. The maximum absolute atomic E-state index is 15.0. The van der Waals surface area contributed by atoms with Gasteiger partial charge in [0.1, 0.15) is 54.4 Å². The van der Waals surface area contributed by atoms with Gasteiger partial charge in [-0.25, -0.2) is 9.78 Å². The van der Waals surface area contributed by atoms with Crippen LogP contribution in [-0.4, -0.2) is 179 Å². The number of likely N-dealkylation sites (tertiary alicyclic amines) is 1. The predicted octanol–water partition coefficient (Wildman–Crippen LogP) is -0.813. The minimum atomic E-state index is -1.91. The third-order valence-corrected chi connectivity index (χ3v) is 15.2. The number of nitrogens with two attached hydrogens (primary N) is 1. The highest BCUT2D eigenvalue weighted by atomic mass is 16.4. The molecule has 4 rings (SSSR count). The van der Waals surface area contributed by atoms with Crippen LogP contribution in [0.25, 0.3) is 0 Å². The van der Waals surface area contributed by atoms with Crippen LogP contribution in [0.5, 0.6) is 0 Å². The molecule has 1 fully saturated rings. The number of carboxylic acids is 3. The average Bonchev–Trinajstić information content (AvgIpc) is 3.32. The first-order valence-corrected chi connectivity index (χ1v) is 29.0. The molecule has 0 aliphatic carbocycles. The van der Waals surface area contributed by atoms with E-state index in [4.69, 9.17) is 10.8 Å². The average molecular weight is 1220 g/mol. The molecule has 13 atom stereocenters. The molecule has 1 aromatic heterocycles. The second kappa shape index (κ2) is 34.4. The minimum Gasteiger partial charge on any atom is -0.481 e. The number of aromatic amines is 1. The zero-order valence-electron chi connectivity index (χ0n) is 49.9. The molecule has 3 aromatic rings. The highest BCUT2D eigenvalue weighted by molar-refractivity contribution is 5.99. The molecule has 2 heterocycles. The van der Waals surface area contributed by atoms with Gasteiger partial charge >= 0.3 is 17.9 Å². The monoisotopic (exact) mass is 1220 g/mol. The molecule has 1 saturated heterocycles. The van der Waals surface area contributed by atoms with E-state index in [0.717, 1.165) is 0 Å². The number of aromatic nitrogens is 2. The number of benzene rings is 2. The Morgan fingerprint density at radius 2 is 1.08 bits per heavy atom. The molecule has 0 saturated carbocycles. The van der Waals surface area contributed by atoms with E-state index >= 15 is 0 Å².